The molecule has 0 saturated carbocycles. The van der Waals surface area contributed by atoms with Crippen molar-refractivity contribution < 1.29 is 9.32 Å². The molecule has 2 N–H and O–H groups in total. The molecule has 1 amide bonds. The van der Waals surface area contributed by atoms with E-state index in [4.69, 9.17) is 4.52 Å². The topological polar surface area (TPSA) is 80.0 Å². The summed E-state index contributed by atoms with van der Waals surface area (Å²) in [5.41, 5.74) is 1.25. The molecule has 6 nitrogen and oxygen atoms in total. The zero-order valence-electron chi connectivity index (χ0n) is 11.1. The zero-order chi connectivity index (χ0) is 13.1. The van der Waals surface area contributed by atoms with Crippen molar-refractivity contribution in [3.05, 3.63) is 36.2 Å². The molecule has 2 aromatic rings. The Hall–Kier alpha value is -1.63. The SMILES string of the molecule is Cl.Cl.O=C(NCC1CNC1)c1cc(-c2ccccn2)no1. The van der Waals surface area contributed by atoms with Gasteiger partial charge in [0.25, 0.3) is 5.91 Å². The molecule has 2 aromatic heterocycles. The minimum atomic E-state index is -0.235. The van der Waals surface area contributed by atoms with E-state index in [0.29, 0.717) is 23.9 Å². The molecule has 0 unspecified atom stereocenters. The maximum absolute atomic E-state index is 11.8. The molecule has 0 atom stereocenters. The summed E-state index contributed by atoms with van der Waals surface area (Å²) in [7, 11) is 0. The van der Waals surface area contributed by atoms with Crippen LogP contribution < -0.4 is 10.6 Å². The second kappa shape index (κ2) is 7.97. The van der Waals surface area contributed by atoms with E-state index in [0.717, 1.165) is 13.1 Å². The van der Waals surface area contributed by atoms with E-state index in [1.165, 1.54) is 0 Å². The number of amides is 1. The number of carbonyl (C=O) groups excluding carboxylic acids is 1. The summed E-state index contributed by atoms with van der Waals surface area (Å²) < 4.78 is 5.05. The maximum atomic E-state index is 11.8. The molecule has 0 radical (unpaired) electrons. The lowest BCUT2D eigenvalue weighted by Crippen LogP contribution is -2.48. The number of pyridine rings is 1. The van der Waals surface area contributed by atoms with E-state index >= 15 is 0 Å². The number of nitrogens with zero attached hydrogens (tertiary/aromatic N) is 2. The number of nitrogens with one attached hydrogen (secondary N) is 2. The van der Waals surface area contributed by atoms with E-state index in [1.54, 1.807) is 12.3 Å². The van der Waals surface area contributed by atoms with E-state index in [2.05, 4.69) is 20.8 Å². The first-order valence-electron chi connectivity index (χ1n) is 6.20. The van der Waals surface area contributed by atoms with Crippen molar-refractivity contribution in [3.63, 3.8) is 0 Å². The van der Waals surface area contributed by atoms with Gasteiger partial charge in [-0.1, -0.05) is 11.2 Å². The van der Waals surface area contributed by atoms with Crippen LogP contribution in [0.2, 0.25) is 0 Å². The Morgan fingerprint density at radius 1 is 1.33 bits per heavy atom. The van der Waals surface area contributed by atoms with Gasteiger partial charge < -0.3 is 15.2 Å². The van der Waals surface area contributed by atoms with Gasteiger partial charge in [0.05, 0.1) is 5.69 Å². The van der Waals surface area contributed by atoms with Crippen molar-refractivity contribution in [2.45, 2.75) is 0 Å². The standard InChI is InChI=1S/C13H14N4O2.2ClH/c18-13(16-8-9-6-14-7-9)12-5-11(17-19-12)10-3-1-2-4-15-10;;/h1-5,9,14H,6-8H2,(H,16,18);2*1H. The highest BCUT2D eigenvalue weighted by Gasteiger charge is 2.19. The van der Waals surface area contributed by atoms with E-state index < -0.39 is 0 Å². The largest absolute Gasteiger partial charge is 0.350 e. The van der Waals surface area contributed by atoms with Gasteiger partial charge in [-0.15, -0.1) is 24.8 Å². The van der Waals surface area contributed by atoms with Crippen molar-refractivity contribution in [2.75, 3.05) is 19.6 Å². The van der Waals surface area contributed by atoms with Crippen molar-refractivity contribution in [1.29, 1.82) is 0 Å². The second-order valence-corrected chi connectivity index (χ2v) is 4.53. The fraction of sp³-hybridized carbons (Fsp3) is 0.308. The molecular formula is C13H16Cl2N4O2. The highest BCUT2D eigenvalue weighted by molar-refractivity contribution is 5.92. The Morgan fingerprint density at radius 2 is 2.14 bits per heavy atom. The lowest BCUT2D eigenvalue weighted by atomic mass is 10.0. The Balaban J connectivity index is 0.00000110. The first kappa shape index (κ1) is 17.4. The van der Waals surface area contributed by atoms with Crippen LogP contribution in [0.4, 0.5) is 0 Å². The molecular weight excluding hydrogens is 315 g/mol. The average Bonchev–Trinajstić information content (AvgIpc) is 2.87. The minimum absolute atomic E-state index is 0. The number of rotatable bonds is 4. The predicted octanol–water partition coefficient (Wildman–Crippen LogP) is 1.53. The fourth-order valence-corrected chi connectivity index (χ4v) is 1.83. The third-order valence-electron chi connectivity index (χ3n) is 3.08. The Labute approximate surface area is 134 Å². The van der Waals surface area contributed by atoms with Crippen LogP contribution in [0.25, 0.3) is 11.4 Å². The number of hydrogen-bond acceptors (Lipinski definition) is 5. The second-order valence-electron chi connectivity index (χ2n) is 4.53. The van der Waals surface area contributed by atoms with Crippen molar-refractivity contribution in [2.24, 2.45) is 5.92 Å². The number of aromatic nitrogens is 2. The van der Waals surface area contributed by atoms with E-state index in [-0.39, 0.29) is 36.5 Å². The first-order valence-corrected chi connectivity index (χ1v) is 6.20. The van der Waals surface area contributed by atoms with Crippen LogP contribution >= 0.6 is 24.8 Å². The summed E-state index contributed by atoms with van der Waals surface area (Å²) in [6.45, 7) is 2.57. The molecule has 1 fully saturated rings. The van der Waals surface area contributed by atoms with Gasteiger partial charge in [-0.3, -0.25) is 9.78 Å². The summed E-state index contributed by atoms with van der Waals surface area (Å²) in [6, 6.07) is 7.11. The van der Waals surface area contributed by atoms with Crippen LogP contribution in [0.3, 0.4) is 0 Å². The monoisotopic (exact) mass is 330 g/mol. The highest BCUT2D eigenvalue weighted by Crippen LogP contribution is 2.16. The van der Waals surface area contributed by atoms with Crippen LogP contribution in [0.5, 0.6) is 0 Å². The summed E-state index contributed by atoms with van der Waals surface area (Å²) in [6.07, 6.45) is 1.67. The molecule has 3 heterocycles. The zero-order valence-corrected chi connectivity index (χ0v) is 12.7. The predicted molar refractivity (Wildman–Crippen MR) is 82.9 cm³/mol. The van der Waals surface area contributed by atoms with Gasteiger partial charge in [-0.05, 0) is 12.1 Å². The summed E-state index contributed by atoms with van der Waals surface area (Å²) in [5.74, 6) is 0.497. The van der Waals surface area contributed by atoms with E-state index in [9.17, 15) is 4.79 Å². The van der Waals surface area contributed by atoms with Crippen LogP contribution in [0.1, 0.15) is 10.6 Å². The summed E-state index contributed by atoms with van der Waals surface area (Å²) in [5, 5.41) is 9.85. The van der Waals surface area contributed by atoms with Crippen LogP contribution in [0, 0.1) is 5.92 Å². The van der Waals surface area contributed by atoms with Crippen molar-refractivity contribution in [3.8, 4) is 11.4 Å². The molecule has 21 heavy (non-hydrogen) atoms. The first-order chi connectivity index (χ1) is 9.33. The highest BCUT2D eigenvalue weighted by atomic mass is 35.5. The third kappa shape index (κ3) is 4.17. The molecule has 3 rings (SSSR count). The average molecular weight is 331 g/mol. The lowest BCUT2D eigenvalue weighted by Gasteiger charge is -2.26. The van der Waals surface area contributed by atoms with Crippen LogP contribution in [-0.2, 0) is 0 Å². The van der Waals surface area contributed by atoms with Crippen LogP contribution in [-0.4, -0.2) is 35.7 Å². The molecule has 8 heteroatoms. The molecule has 114 valence electrons. The fourth-order valence-electron chi connectivity index (χ4n) is 1.83. The molecule has 0 spiro atoms. The van der Waals surface area contributed by atoms with Gasteiger partial charge in [0.2, 0.25) is 5.76 Å². The number of hydrogen-bond donors (Lipinski definition) is 2. The molecule has 0 aromatic carbocycles. The van der Waals surface area contributed by atoms with Crippen molar-refractivity contribution >= 4 is 30.7 Å². The molecule has 0 bridgehead atoms. The third-order valence-corrected chi connectivity index (χ3v) is 3.08. The van der Waals surface area contributed by atoms with Gasteiger partial charge in [-0.25, -0.2) is 0 Å². The summed E-state index contributed by atoms with van der Waals surface area (Å²) >= 11 is 0. The molecule has 1 aliphatic rings. The molecule has 1 saturated heterocycles. The lowest BCUT2D eigenvalue weighted by molar-refractivity contribution is 0.0905. The Bertz CT molecular complexity index is 573. The Morgan fingerprint density at radius 3 is 2.76 bits per heavy atom. The van der Waals surface area contributed by atoms with Gasteiger partial charge in [0.15, 0.2) is 0 Å². The maximum Gasteiger partial charge on any atom is 0.289 e. The minimum Gasteiger partial charge on any atom is -0.350 e. The van der Waals surface area contributed by atoms with Gasteiger partial charge in [0, 0.05) is 37.8 Å². The smallest absolute Gasteiger partial charge is 0.289 e. The van der Waals surface area contributed by atoms with Gasteiger partial charge in [0.1, 0.15) is 5.69 Å². The van der Waals surface area contributed by atoms with Gasteiger partial charge in [-0.2, -0.15) is 0 Å². The van der Waals surface area contributed by atoms with Crippen LogP contribution in [0.15, 0.2) is 35.0 Å². The number of halogens is 2. The summed E-state index contributed by atoms with van der Waals surface area (Å²) in [4.78, 5) is 16.0. The van der Waals surface area contributed by atoms with E-state index in [1.807, 2.05) is 18.2 Å². The van der Waals surface area contributed by atoms with Crippen molar-refractivity contribution in [1.82, 2.24) is 20.8 Å². The van der Waals surface area contributed by atoms with Gasteiger partial charge >= 0.3 is 0 Å². The quantitative estimate of drug-likeness (QED) is 0.888. The molecule has 1 aliphatic heterocycles. The normalized spacial score (nSPS) is 13.5. The molecule has 0 aliphatic carbocycles. The Kier molecular flexibility index (Phi) is 6.61. The number of carbonyl (C=O) groups is 1.